The van der Waals surface area contributed by atoms with Gasteiger partial charge in [0.25, 0.3) is 0 Å². The Morgan fingerprint density at radius 3 is 2.86 bits per heavy atom. The Morgan fingerprint density at radius 2 is 2.05 bits per heavy atom. The third-order valence-electron chi connectivity index (χ3n) is 3.76. The molecule has 1 aromatic carbocycles. The molecule has 2 aromatic heterocycles. The standard InChI is InChI=1S/C17H20N4/c1-3-10-21-16(8-9-19-21)17(18)15-11-12(2)13-6-4-5-7-14(13)20-15/h4-9,11,17H,3,10,18H2,1-2H3. The van der Waals surface area contributed by atoms with Gasteiger partial charge in [-0.25, -0.2) is 0 Å². The molecule has 0 radical (unpaired) electrons. The zero-order chi connectivity index (χ0) is 14.8. The number of fused-ring (bicyclic) bond motifs is 1. The number of aryl methyl sites for hydroxylation is 2. The Bertz CT molecular complexity index is 760. The highest BCUT2D eigenvalue weighted by Crippen LogP contribution is 2.23. The van der Waals surface area contributed by atoms with Crippen LogP contribution in [0.4, 0.5) is 0 Å². The molecule has 2 heterocycles. The zero-order valence-electron chi connectivity index (χ0n) is 12.5. The number of pyridine rings is 1. The molecule has 3 aromatic rings. The summed E-state index contributed by atoms with van der Waals surface area (Å²) >= 11 is 0. The summed E-state index contributed by atoms with van der Waals surface area (Å²) in [5.41, 5.74) is 10.5. The minimum Gasteiger partial charge on any atom is -0.318 e. The molecule has 0 aliphatic heterocycles. The molecule has 4 nitrogen and oxygen atoms in total. The molecule has 21 heavy (non-hydrogen) atoms. The molecule has 3 rings (SSSR count). The average Bonchev–Trinajstić information content (AvgIpc) is 2.95. The highest BCUT2D eigenvalue weighted by Gasteiger charge is 2.16. The van der Waals surface area contributed by atoms with Crippen LogP contribution in [0, 0.1) is 6.92 Å². The van der Waals surface area contributed by atoms with E-state index < -0.39 is 0 Å². The Morgan fingerprint density at radius 1 is 1.24 bits per heavy atom. The minimum absolute atomic E-state index is 0.248. The van der Waals surface area contributed by atoms with Crippen LogP contribution >= 0.6 is 0 Å². The third-order valence-corrected chi connectivity index (χ3v) is 3.76. The number of para-hydroxylation sites is 1. The number of rotatable bonds is 4. The number of nitrogens with zero attached hydrogens (tertiary/aromatic N) is 3. The lowest BCUT2D eigenvalue weighted by Gasteiger charge is -2.15. The van der Waals surface area contributed by atoms with Crippen molar-refractivity contribution in [3.8, 4) is 0 Å². The van der Waals surface area contributed by atoms with Gasteiger partial charge in [0.2, 0.25) is 0 Å². The van der Waals surface area contributed by atoms with Gasteiger partial charge in [-0.1, -0.05) is 25.1 Å². The predicted molar refractivity (Wildman–Crippen MR) is 85.0 cm³/mol. The first-order chi connectivity index (χ1) is 10.2. The lowest BCUT2D eigenvalue weighted by Crippen LogP contribution is -2.19. The second-order valence-corrected chi connectivity index (χ2v) is 5.34. The average molecular weight is 280 g/mol. The summed E-state index contributed by atoms with van der Waals surface area (Å²) in [7, 11) is 0. The van der Waals surface area contributed by atoms with Crippen LogP contribution in [0.2, 0.25) is 0 Å². The minimum atomic E-state index is -0.248. The highest BCUT2D eigenvalue weighted by molar-refractivity contribution is 5.82. The van der Waals surface area contributed by atoms with E-state index in [-0.39, 0.29) is 6.04 Å². The molecule has 0 amide bonds. The van der Waals surface area contributed by atoms with Crippen molar-refractivity contribution >= 4 is 10.9 Å². The van der Waals surface area contributed by atoms with Gasteiger partial charge in [0.15, 0.2) is 0 Å². The van der Waals surface area contributed by atoms with Crippen LogP contribution in [-0.4, -0.2) is 14.8 Å². The summed E-state index contributed by atoms with van der Waals surface area (Å²) in [6.07, 6.45) is 2.84. The molecule has 0 saturated carbocycles. The summed E-state index contributed by atoms with van der Waals surface area (Å²) in [6, 6.07) is 12.0. The number of benzene rings is 1. The van der Waals surface area contributed by atoms with Crippen LogP contribution in [0.15, 0.2) is 42.6 Å². The van der Waals surface area contributed by atoms with Crippen molar-refractivity contribution < 1.29 is 0 Å². The maximum absolute atomic E-state index is 6.43. The number of hydrogen-bond donors (Lipinski definition) is 1. The van der Waals surface area contributed by atoms with Crippen LogP contribution in [-0.2, 0) is 6.54 Å². The first-order valence-electron chi connectivity index (χ1n) is 7.34. The van der Waals surface area contributed by atoms with Crippen molar-refractivity contribution in [3.63, 3.8) is 0 Å². The Kier molecular flexibility index (Phi) is 3.71. The summed E-state index contributed by atoms with van der Waals surface area (Å²) in [4.78, 5) is 4.73. The van der Waals surface area contributed by atoms with Crippen LogP contribution < -0.4 is 5.73 Å². The SMILES string of the molecule is CCCn1nccc1C(N)c1cc(C)c2ccccc2n1. The largest absolute Gasteiger partial charge is 0.318 e. The molecule has 1 unspecified atom stereocenters. The Hall–Kier alpha value is -2.20. The molecule has 1 atom stereocenters. The van der Waals surface area contributed by atoms with E-state index in [1.165, 1.54) is 10.9 Å². The van der Waals surface area contributed by atoms with E-state index in [4.69, 9.17) is 10.7 Å². The molecule has 0 aliphatic carbocycles. The van der Waals surface area contributed by atoms with Gasteiger partial charge in [-0.05, 0) is 37.1 Å². The smallest absolute Gasteiger partial charge is 0.0897 e. The van der Waals surface area contributed by atoms with E-state index in [0.29, 0.717) is 0 Å². The van der Waals surface area contributed by atoms with E-state index in [0.717, 1.165) is 29.9 Å². The van der Waals surface area contributed by atoms with Gasteiger partial charge in [0, 0.05) is 18.1 Å². The Balaban J connectivity index is 2.05. The van der Waals surface area contributed by atoms with E-state index >= 15 is 0 Å². The zero-order valence-corrected chi connectivity index (χ0v) is 12.5. The Labute approximate surface area is 124 Å². The molecule has 0 fully saturated rings. The maximum atomic E-state index is 6.43. The molecule has 108 valence electrons. The molecule has 4 heteroatoms. The van der Waals surface area contributed by atoms with Gasteiger partial charge in [-0.2, -0.15) is 5.10 Å². The van der Waals surface area contributed by atoms with Gasteiger partial charge in [0.05, 0.1) is 22.9 Å². The normalized spacial score (nSPS) is 12.7. The summed E-state index contributed by atoms with van der Waals surface area (Å²) in [5.74, 6) is 0. The summed E-state index contributed by atoms with van der Waals surface area (Å²) in [5, 5.41) is 5.52. The molecule has 0 saturated heterocycles. The van der Waals surface area contributed by atoms with Crippen molar-refractivity contribution in [2.45, 2.75) is 32.9 Å². The highest BCUT2D eigenvalue weighted by atomic mass is 15.3. The van der Waals surface area contributed by atoms with Crippen molar-refractivity contribution in [3.05, 3.63) is 59.5 Å². The fraction of sp³-hybridized carbons (Fsp3) is 0.294. The third kappa shape index (κ3) is 2.54. The van der Waals surface area contributed by atoms with Crippen molar-refractivity contribution in [2.24, 2.45) is 5.73 Å². The van der Waals surface area contributed by atoms with Crippen LogP contribution in [0.3, 0.4) is 0 Å². The predicted octanol–water partition coefficient (Wildman–Crippen LogP) is 3.20. The summed E-state index contributed by atoms with van der Waals surface area (Å²) in [6.45, 7) is 5.11. The number of nitrogens with two attached hydrogens (primary N) is 1. The molecule has 0 bridgehead atoms. The monoisotopic (exact) mass is 280 g/mol. The second-order valence-electron chi connectivity index (χ2n) is 5.34. The van der Waals surface area contributed by atoms with Gasteiger partial charge in [-0.15, -0.1) is 0 Å². The lowest BCUT2D eigenvalue weighted by atomic mass is 10.0. The maximum Gasteiger partial charge on any atom is 0.0897 e. The van der Waals surface area contributed by atoms with E-state index in [1.54, 1.807) is 6.20 Å². The van der Waals surface area contributed by atoms with Crippen LogP contribution in [0.1, 0.15) is 36.3 Å². The fourth-order valence-electron chi connectivity index (χ4n) is 2.69. The number of hydrogen-bond acceptors (Lipinski definition) is 3. The molecular formula is C17H20N4. The first-order valence-corrected chi connectivity index (χ1v) is 7.34. The topological polar surface area (TPSA) is 56.7 Å². The van der Waals surface area contributed by atoms with Crippen molar-refractivity contribution in [1.29, 1.82) is 0 Å². The quantitative estimate of drug-likeness (QED) is 0.798. The van der Waals surface area contributed by atoms with E-state index in [1.807, 2.05) is 28.9 Å². The molecule has 2 N–H and O–H groups in total. The van der Waals surface area contributed by atoms with Gasteiger partial charge < -0.3 is 5.73 Å². The van der Waals surface area contributed by atoms with Crippen molar-refractivity contribution in [2.75, 3.05) is 0 Å². The molecule has 0 aliphatic rings. The van der Waals surface area contributed by atoms with Gasteiger partial charge in [0.1, 0.15) is 0 Å². The van der Waals surface area contributed by atoms with Crippen molar-refractivity contribution in [1.82, 2.24) is 14.8 Å². The van der Waals surface area contributed by atoms with Gasteiger partial charge in [-0.3, -0.25) is 9.67 Å². The first kappa shape index (κ1) is 13.8. The summed E-state index contributed by atoms with van der Waals surface area (Å²) < 4.78 is 1.97. The number of aromatic nitrogens is 3. The molecule has 0 spiro atoms. The lowest BCUT2D eigenvalue weighted by molar-refractivity contribution is 0.557. The van der Waals surface area contributed by atoms with Crippen LogP contribution in [0.25, 0.3) is 10.9 Å². The molecular weight excluding hydrogens is 260 g/mol. The van der Waals surface area contributed by atoms with Gasteiger partial charge >= 0.3 is 0 Å². The van der Waals surface area contributed by atoms with E-state index in [9.17, 15) is 0 Å². The van der Waals surface area contributed by atoms with Crippen LogP contribution in [0.5, 0.6) is 0 Å². The van der Waals surface area contributed by atoms with E-state index in [2.05, 4.69) is 31.1 Å². The second kappa shape index (κ2) is 5.66. The fourth-order valence-corrected chi connectivity index (χ4v) is 2.69.